The molecule has 1 aromatic rings. The van der Waals surface area contributed by atoms with Crippen LogP contribution in [0.4, 0.5) is 0 Å². The van der Waals surface area contributed by atoms with Crippen LogP contribution in [-0.4, -0.2) is 23.9 Å². The lowest BCUT2D eigenvalue weighted by Crippen LogP contribution is -2.34. The van der Waals surface area contributed by atoms with Crippen LogP contribution in [0.15, 0.2) is 36.4 Å². The van der Waals surface area contributed by atoms with E-state index in [0.29, 0.717) is 18.2 Å². The first-order valence-corrected chi connectivity index (χ1v) is 6.82. The molecule has 2 heteroatoms. The Balaban J connectivity index is 1.59. The van der Waals surface area contributed by atoms with Crippen LogP contribution in [0.2, 0.25) is 0 Å². The zero-order chi connectivity index (χ0) is 12.4. The van der Waals surface area contributed by atoms with Crippen LogP contribution >= 0.6 is 0 Å². The number of carbonyl (C=O) groups excluding carboxylic acids is 1. The second-order valence-electron chi connectivity index (χ2n) is 5.35. The Morgan fingerprint density at radius 1 is 1.17 bits per heavy atom. The summed E-state index contributed by atoms with van der Waals surface area (Å²) in [7, 11) is 0. The molecule has 1 aliphatic heterocycles. The van der Waals surface area contributed by atoms with Crippen LogP contribution < -0.4 is 0 Å². The maximum atomic E-state index is 12.2. The second kappa shape index (κ2) is 4.97. The molecule has 1 aliphatic carbocycles. The Bertz CT molecular complexity index is 453. The van der Waals surface area contributed by atoms with E-state index >= 15 is 0 Å². The number of fused-ring (bicyclic) bond motifs is 1. The molecule has 2 nitrogen and oxygen atoms in total. The average molecular weight is 241 g/mol. The minimum atomic E-state index is 0.331. The SMILES string of the molecule is O=C(CC1Cc2ccccc2C1)N1CC=CCC1. The maximum absolute atomic E-state index is 12.2. The molecule has 0 atom stereocenters. The molecule has 0 aromatic heterocycles. The molecule has 1 heterocycles. The molecule has 0 N–H and O–H groups in total. The van der Waals surface area contributed by atoms with Crippen LogP contribution in [-0.2, 0) is 17.6 Å². The lowest BCUT2D eigenvalue weighted by molar-refractivity contribution is -0.131. The van der Waals surface area contributed by atoms with E-state index in [1.165, 1.54) is 11.1 Å². The highest BCUT2D eigenvalue weighted by molar-refractivity contribution is 5.77. The van der Waals surface area contributed by atoms with Gasteiger partial charge in [-0.3, -0.25) is 4.79 Å². The van der Waals surface area contributed by atoms with Crippen molar-refractivity contribution in [2.24, 2.45) is 5.92 Å². The summed E-state index contributed by atoms with van der Waals surface area (Å²) in [5, 5.41) is 0. The molecule has 0 radical (unpaired) electrons. The molecular formula is C16H19NO. The van der Waals surface area contributed by atoms with Gasteiger partial charge in [-0.25, -0.2) is 0 Å². The standard InChI is InChI=1S/C16H19NO/c18-16(17-8-4-1-5-9-17)12-13-10-14-6-2-3-7-15(14)11-13/h1-4,6-7,13H,5,8-12H2. The summed E-state index contributed by atoms with van der Waals surface area (Å²) in [6.07, 6.45) is 8.14. The molecule has 1 amide bonds. The molecule has 2 aliphatic rings. The summed E-state index contributed by atoms with van der Waals surface area (Å²) in [5.41, 5.74) is 2.88. The van der Waals surface area contributed by atoms with E-state index in [-0.39, 0.29) is 0 Å². The number of carbonyl (C=O) groups is 1. The highest BCUT2D eigenvalue weighted by Gasteiger charge is 2.25. The van der Waals surface area contributed by atoms with Crippen molar-refractivity contribution in [3.8, 4) is 0 Å². The van der Waals surface area contributed by atoms with Gasteiger partial charge in [0.15, 0.2) is 0 Å². The van der Waals surface area contributed by atoms with Crippen molar-refractivity contribution in [1.29, 1.82) is 0 Å². The van der Waals surface area contributed by atoms with Gasteiger partial charge >= 0.3 is 0 Å². The summed E-state index contributed by atoms with van der Waals surface area (Å²) < 4.78 is 0. The minimum Gasteiger partial charge on any atom is -0.339 e. The number of rotatable bonds is 2. The first-order valence-electron chi connectivity index (χ1n) is 6.82. The third kappa shape index (κ3) is 2.33. The summed E-state index contributed by atoms with van der Waals surface area (Å²) in [6.45, 7) is 1.70. The van der Waals surface area contributed by atoms with Gasteiger partial charge in [-0.05, 0) is 36.3 Å². The number of amides is 1. The van der Waals surface area contributed by atoms with E-state index in [4.69, 9.17) is 0 Å². The van der Waals surface area contributed by atoms with Crippen LogP contribution in [0, 0.1) is 5.92 Å². The van der Waals surface area contributed by atoms with E-state index in [1.807, 2.05) is 4.90 Å². The second-order valence-corrected chi connectivity index (χ2v) is 5.35. The predicted molar refractivity (Wildman–Crippen MR) is 72.3 cm³/mol. The summed E-state index contributed by atoms with van der Waals surface area (Å²) >= 11 is 0. The molecule has 0 saturated heterocycles. The number of nitrogens with zero attached hydrogens (tertiary/aromatic N) is 1. The molecular weight excluding hydrogens is 222 g/mol. The third-order valence-electron chi connectivity index (χ3n) is 4.01. The monoisotopic (exact) mass is 241 g/mol. The van der Waals surface area contributed by atoms with Crippen LogP contribution in [0.1, 0.15) is 24.0 Å². The summed E-state index contributed by atoms with van der Waals surface area (Å²) in [5.74, 6) is 0.845. The number of hydrogen-bond acceptors (Lipinski definition) is 1. The van der Waals surface area contributed by atoms with Crippen molar-refractivity contribution in [2.75, 3.05) is 13.1 Å². The van der Waals surface area contributed by atoms with Gasteiger partial charge in [-0.2, -0.15) is 0 Å². The van der Waals surface area contributed by atoms with Crippen molar-refractivity contribution in [3.05, 3.63) is 47.5 Å². The normalized spacial score (nSPS) is 19.0. The minimum absolute atomic E-state index is 0.331. The Labute approximate surface area is 108 Å². The lowest BCUT2D eigenvalue weighted by atomic mass is 10.0. The van der Waals surface area contributed by atoms with E-state index in [1.54, 1.807) is 0 Å². The Hall–Kier alpha value is -1.57. The van der Waals surface area contributed by atoms with Crippen LogP contribution in [0.25, 0.3) is 0 Å². The average Bonchev–Trinajstić information content (AvgIpc) is 2.82. The molecule has 94 valence electrons. The molecule has 0 spiro atoms. The zero-order valence-corrected chi connectivity index (χ0v) is 10.6. The largest absolute Gasteiger partial charge is 0.339 e. The molecule has 1 aromatic carbocycles. The molecule has 0 bridgehead atoms. The molecule has 3 rings (SSSR count). The Morgan fingerprint density at radius 3 is 2.50 bits per heavy atom. The van der Waals surface area contributed by atoms with Gasteiger partial charge in [0, 0.05) is 19.5 Å². The van der Waals surface area contributed by atoms with Gasteiger partial charge in [0.1, 0.15) is 0 Å². The van der Waals surface area contributed by atoms with Gasteiger partial charge in [0.05, 0.1) is 0 Å². The molecule has 0 saturated carbocycles. The van der Waals surface area contributed by atoms with Crippen molar-refractivity contribution in [1.82, 2.24) is 4.90 Å². The van der Waals surface area contributed by atoms with Crippen molar-refractivity contribution in [2.45, 2.75) is 25.7 Å². The fraction of sp³-hybridized carbons (Fsp3) is 0.438. The van der Waals surface area contributed by atoms with E-state index in [2.05, 4.69) is 36.4 Å². The topological polar surface area (TPSA) is 20.3 Å². The molecule has 0 unspecified atom stereocenters. The van der Waals surface area contributed by atoms with Gasteiger partial charge in [0.2, 0.25) is 5.91 Å². The number of hydrogen-bond donors (Lipinski definition) is 0. The van der Waals surface area contributed by atoms with Crippen LogP contribution in [0.5, 0.6) is 0 Å². The highest BCUT2D eigenvalue weighted by atomic mass is 16.2. The quantitative estimate of drug-likeness (QED) is 0.729. The van der Waals surface area contributed by atoms with Crippen LogP contribution in [0.3, 0.4) is 0 Å². The van der Waals surface area contributed by atoms with Crippen molar-refractivity contribution in [3.63, 3.8) is 0 Å². The smallest absolute Gasteiger partial charge is 0.223 e. The summed E-state index contributed by atoms with van der Waals surface area (Å²) in [6, 6.07) is 8.59. The van der Waals surface area contributed by atoms with E-state index < -0.39 is 0 Å². The van der Waals surface area contributed by atoms with Gasteiger partial charge in [-0.15, -0.1) is 0 Å². The number of benzene rings is 1. The van der Waals surface area contributed by atoms with E-state index in [9.17, 15) is 4.79 Å². The van der Waals surface area contributed by atoms with Crippen molar-refractivity contribution < 1.29 is 4.79 Å². The summed E-state index contributed by atoms with van der Waals surface area (Å²) in [4.78, 5) is 14.2. The fourth-order valence-corrected chi connectivity index (χ4v) is 3.04. The third-order valence-corrected chi connectivity index (χ3v) is 4.01. The first kappa shape index (κ1) is 11.5. The van der Waals surface area contributed by atoms with Gasteiger partial charge in [-0.1, -0.05) is 36.4 Å². The van der Waals surface area contributed by atoms with Gasteiger partial charge in [0.25, 0.3) is 0 Å². The first-order chi connectivity index (χ1) is 8.83. The zero-order valence-electron chi connectivity index (χ0n) is 10.6. The van der Waals surface area contributed by atoms with Crippen molar-refractivity contribution >= 4 is 5.91 Å². The fourth-order valence-electron chi connectivity index (χ4n) is 3.04. The molecule has 18 heavy (non-hydrogen) atoms. The maximum Gasteiger partial charge on any atom is 0.223 e. The lowest BCUT2D eigenvalue weighted by Gasteiger charge is -2.24. The van der Waals surface area contributed by atoms with Gasteiger partial charge < -0.3 is 4.90 Å². The predicted octanol–water partition coefficient (Wildman–Crippen LogP) is 2.58. The Morgan fingerprint density at radius 2 is 1.89 bits per heavy atom. The highest BCUT2D eigenvalue weighted by Crippen LogP contribution is 2.29. The molecule has 0 fully saturated rings. The van der Waals surface area contributed by atoms with E-state index in [0.717, 1.165) is 32.4 Å². The Kier molecular flexibility index (Phi) is 3.18.